The number of hydrogen-bond donors (Lipinski definition) is 1. The van der Waals surface area contributed by atoms with Crippen molar-refractivity contribution in [3.8, 4) is 11.3 Å². The van der Waals surface area contributed by atoms with E-state index in [0.717, 1.165) is 29.3 Å². The molecule has 2 heterocycles. The first-order valence-electron chi connectivity index (χ1n) is 8.10. The zero-order chi connectivity index (χ0) is 18.7. The van der Waals surface area contributed by atoms with Crippen LogP contribution in [-0.4, -0.2) is 41.1 Å². The van der Waals surface area contributed by atoms with Gasteiger partial charge in [0.2, 0.25) is 0 Å². The zero-order valence-corrected chi connectivity index (χ0v) is 15.7. The van der Waals surface area contributed by atoms with Gasteiger partial charge in [-0.15, -0.1) is 0 Å². The normalized spacial score (nSPS) is 14.9. The number of rotatable bonds is 4. The maximum absolute atomic E-state index is 12.9. The summed E-state index contributed by atoms with van der Waals surface area (Å²) >= 11 is 2.18. The van der Waals surface area contributed by atoms with Gasteiger partial charge in [0, 0.05) is 0 Å². The molecule has 0 spiro atoms. The van der Waals surface area contributed by atoms with Crippen molar-refractivity contribution in [2.75, 3.05) is 18.0 Å². The number of nitrogens with zero attached hydrogens (tertiary/aromatic N) is 2. The fourth-order valence-corrected chi connectivity index (χ4v) is 3.43. The van der Waals surface area contributed by atoms with E-state index in [1.54, 1.807) is 11.0 Å². The van der Waals surface area contributed by atoms with Crippen molar-refractivity contribution in [1.82, 2.24) is 4.98 Å². The van der Waals surface area contributed by atoms with Crippen LogP contribution in [0.3, 0.4) is 0 Å². The third-order valence-electron chi connectivity index (χ3n) is 4.05. The van der Waals surface area contributed by atoms with Crippen LogP contribution in [0, 0.1) is 0 Å². The van der Waals surface area contributed by atoms with Crippen molar-refractivity contribution in [2.24, 2.45) is 5.73 Å². The molecule has 134 valence electrons. The fraction of sp³-hybridized carbons (Fsp3) is 0.211. The number of allylic oxidation sites excluding steroid dienone is 2. The summed E-state index contributed by atoms with van der Waals surface area (Å²) in [5, 5.41) is 0. The van der Waals surface area contributed by atoms with Gasteiger partial charge in [0.25, 0.3) is 0 Å². The first-order chi connectivity index (χ1) is 12.4. The number of alkyl halides is 3. The van der Waals surface area contributed by atoms with Crippen LogP contribution < -0.4 is 10.6 Å². The van der Waals surface area contributed by atoms with Crippen LogP contribution in [0.25, 0.3) is 11.3 Å². The summed E-state index contributed by atoms with van der Waals surface area (Å²) in [6, 6.07) is 13.5. The summed E-state index contributed by atoms with van der Waals surface area (Å²) in [4.78, 5) is 6.38. The van der Waals surface area contributed by atoms with E-state index >= 15 is 0 Å². The molecule has 0 atom stereocenters. The average Bonchev–Trinajstić information content (AvgIpc) is 2.61. The Hall–Kier alpha value is -2.04. The second kappa shape index (κ2) is 7.68. The molecule has 26 heavy (non-hydrogen) atoms. The minimum atomic E-state index is -4.34. The fourth-order valence-electron chi connectivity index (χ4n) is 2.75. The molecule has 0 bridgehead atoms. The zero-order valence-electron chi connectivity index (χ0n) is 13.9. The molecule has 1 aromatic carbocycles. The molecule has 1 aromatic heterocycles. The number of pyridine rings is 1. The van der Waals surface area contributed by atoms with Gasteiger partial charge in [-0.2, -0.15) is 0 Å². The Morgan fingerprint density at radius 1 is 1.15 bits per heavy atom. The van der Waals surface area contributed by atoms with Crippen molar-refractivity contribution in [3.63, 3.8) is 0 Å². The van der Waals surface area contributed by atoms with E-state index in [4.69, 9.17) is 5.73 Å². The van der Waals surface area contributed by atoms with Gasteiger partial charge in [-0.25, -0.2) is 0 Å². The molecule has 0 fully saturated rings. The van der Waals surface area contributed by atoms with Gasteiger partial charge in [0.05, 0.1) is 0 Å². The predicted octanol–water partition coefficient (Wildman–Crippen LogP) is 3.57. The van der Waals surface area contributed by atoms with Gasteiger partial charge < -0.3 is 0 Å². The van der Waals surface area contributed by atoms with E-state index < -0.39 is 11.7 Å². The van der Waals surface area contributed by atoms with Gasteiger partial charge >= 0.3 is 159 Å². The SMILES string of the molecule is NCCc1cccc(-c2cccc(N3CC=C(C(F)(F)F)C=C3[As])n2)c1. The molecule has 2 aromatic rings. The van der Waals surface area contributed by atoms with Crippen LogP contribution in [0.15, 0.2) is 64.7 Å². The van der Waals surface area contributed by atoms with Gasteiger partial charge in [0.15, 0.2) is 0 Å². The molecule has 0 saturated heterocycles. The van der Waals surface area contributed by atoms with E-state index in [1.807, 2.05) is 36.4 Å². The molecule has 2 radical (unpaired) electrons. The topological polar surface area (TPSA) is 42.1 Å². The summed E-state index contributed by atoms with van der Waals surface area (Å²) in [6.45, 7) is 0.694. The summed E-state index contributed by atoms with van der Waals surface area (Å²) in [6.07, 6.45) is -1.26. The molecule has 0 unspecified atom stereocenters. The Kier molecular flexibility index (Phi) is 5.54. The molecule has 3 nitrogen and oxygen atoms in total. The number of halogens is 3. The Morgan fingerprint density at radius 2 is 1.92 bits per heavy atom. The van der Waals surface area contributed by atoms with Gasteiger partial charge in [-0.05, 0) is 0 Å². The summed E-state index contributed by atoms with van der Waals surface area (Å²) in [5.74, 6) is 0.607. The monoisotopic (exact) mass is 419 g/mol. The third-order valence-corrected chi connectivity index (χ3v) is 4.83. The quantitative estimate of drug-likeness (QED) is 0.771. The number of aromatic nitrogens is 1. The third kappa shape index (κ3) is 4.19. The van der Waals surface area contributed by atoms with E-state index in [2.05, 4.69) is 21.8 Å². The Balaban J connectivity index is 1.88. The first-order valence-corrected chi connectivity index (χ1v) is 9.04. The molecule has 7 heteroatoms. The van der Waals surface area contributed by atoms with E-state index in [0.29, 0.717) is 16.8 Å². The maximum atomic E-state index is 12.9. The Labute approximate surface area is 158 Å². The van der Waals surface area contributed by atoms with Crippen LogP contribution in [0.1, 0.15) is 5.56 Å². The van der Waals surface area contributed by atoms with Gasteiger partial charge in [-0.3, -0.25) is 0 Å². The molecule has 1 aliphatic rings. The summed E-state index contributed by atoms with van der Waals surface area (Å²) in [7, 11) is 0. The standard InChI is InChI=1S/C19H17AsF3N3/c20-17-12-15(19(21,22)23)8-10-26(17)18-6-2-5-16(25-18)14-4-1-3-13(11-14)7-9-24/h1-6,8,11-12H,7,9-10,24H2. The van der Waals surface area contributed by atoms with Crippen LogP contribution in [0.4, 0.5) is 19.0 Å². The number of anilines is 1. The van der Waals surface area contributed by atoms with Gasteiger partial charge in [-0.1, -0.05) is 0 Å². The second-order valence-corrected chi connectivity index (χ2v) is 6.85. The number of nitrogens with two attached hydrogens (primary N) is 1. The molecule has 3 rings (SSSR count). The number of hydrogen-bond acceptors (Lipinski definition) is 3. The predicted molar refractivity (Wildman–Crippen MR) is 97.8 cm³/mol. The van der Waals surface area contributed by atoms with Crippen LogP contribution in [0.2, 0.25) is 0 Å². The van der Waals surface area contributed by atoms with Crippen molar-refractivity contribution >= 4 is 22.7 Å². The van der Waals surface area contributed by atoms with Crippen molar-refractivity contribution in [3.05, 3.63) is 70.2 Å². The molecule has 2 N–H and O–H groups in total. The average molecular weight is 419 g/mol. The van der Waals surface area contributed by atoms with Crippen molar-refractivity contribution < 1.29 is 13.2 Å². The minimum absolute atomic E-state index is 0.124. The molecular formula is C19H17AsF3N3. The van der Waals surface area contributed by atoms with E-state index in [-0.39, 0.29) is 6.54 Å². The Bertz CT molecular complexity index is 859. The summed E-state index contributed by atoms with van der Waals surface area (Å²) in [5.41, 5.74) is 7.83. The summed E-state index contributed by atoms with van der Waals surface area (Å²) < 4.78 is 39.1. The first kappa shape index (κ1) is 18.7. The van der Waals surface area contributed by atoms with E-state index in [1.165, 1.54) is 6.08 Å². The van der Waals surface area contributed by atoms with Crippen LogP contribution in [-0.2, 0) is 6.42 Å². The van der Waals surface area contributed by atoms with E-state index in [9.17, 15) is 13.2 Å². The second-order valence-electron chi connectivity index (χ2n) is 5.89. The molecule has 0 amide bonds. The Morgan fingerprint density at radius 3 is 2.62 bits per heavy atom. The van der Waals surface area contributed by atoms with Crippen molar-refractivity contribution in [1.29, 1.82) is 0 Å². The number of benzene rings is 1. The van der Waals surface area contributed by atoms with Crippen molar-refractivity contribution in [2.45, 2.75) is 12.6 Å². The molecule has 1 aliphatic heterocycles. The van der Waals surface area contributed by atoms with Gasteiger partial charge in [0.1, 0.15) is 0 Å². The van der Waals surface area contributed by atoms with Crippen LogP contribution >= 0.6 is 0 Å². The molecule has 0 saturated carbocycles. The molecule has 0 aliphatic carbocycles. The molecular weight excluding hydrogens is 402 g/mol. The van der Waals surface area contributed by atoms with Crippen LogP contribution in [0.5, 0.6) is 0 Å².